The normalized spacial score (nSPS) is 10.4. The fourth-order valence-corrected chi connectivity index (χ4v) is 1.78. The number of benzene rings is 2. The number of rotatable bonds is 5. The Morgan fingerprint density at radius 1 is 1.05 bits per heavy atom. The van der Waals surface area contributed by atoms with Crippen LogP contribution in [0.4, 0.5) is 18.9 Å². The summed E-state index contributed by atoms with van der Waals surface area (Å²) in [6, 6.07) is 8.83. The van der Waals surface area contributed by atoms with E-state index in [1.807, 2.05) is 19.1 Å². The number of hydrogen-bond acceptors (Lipinski definition) is 2. The van der Waals surface area contributed by atoms with Gasteiger partial charge in [-0.2, -0.15) is 0 Å². The molecule has 0 atom stereocenters. The smallest absolute Gasteiger partial charge is 0.262 e. The van der Waals surface area contributed by atoms with Crippen LogP contribution in [-0.4, -0.2) is 12.5 Å². The molecule has 22 heavy (non-hydrogen) atoms. The highest BCUT2D eigenvalue weighted by molar-refractivity contribution is 5.92. The minimum Gasteiger partial charge on any atom is -0.484 e. The summed E-state index contributed by atoms with van der Waals surface area (Å²) in [7, 11) is 0. The standard InChI is InChI=1S/C16H14F3NO2/c1-2-10-3-5-11(6-4-10)22-9-14(21)20-13-8-7-12(17)15(18)16(13)19/h3-8H,2,9H2,1H3,(H,20,21). The molecular formula is C16H14F3NO2. The molecule has 0 aliphatic rings. The van der Waals surface area contributed by atoms with Gasteiger partial charge in [-0.25, -0.2) is 13.2 Å². The van der Waals surface area contributed by atoms with Crippen molar-refractivity contribution in [3.63, 3.8) is 0 Å². The molecular weight excluding hydrogens is 295 g/mol. The highest BCUT2D eigenvalue weighted by Gasteiger charge is 2.15. The second-order valence-corrected chi connectivity index (χ2v) is 4.56. The van der Waals surface area contributed by atoms with E-state index in [0.29, 0.717) is 5.75 Å². The van der Waals surface area contributed by atoms with E-state index in [4.69, 9.17) is 4.74 Å². The average Bonchev–Trinajstić information content (AvgIpc) is 2.54. The second kappa shape index (κ2) is 6.98. The molecule has 0 saturated carbocycles. The first-order valence-corrected chi connectivity index (χ1v) is 6.66. The molecule has 0 saturated heterocycles. The van der Waals surface area contributed by atoms with Gasteiger partial charge in [0.05, 0.1) is 5.69 Å². The van der Waals surface area contributed by atoms with Crippen molar-refractivity contribution in [2.75, 3.05) is 11.9 Å². The number of aryl methyl sites for hydroxylation is 1. The molecule has 0 heterocycles. The molecule has 2 aromatic rings. The molecule has 116 valence electrons. The van der Waals surface area contributed by atoms with Gasteiger partial charge in [-0.05, 0) is 36.2 Å². The fourth-order valence-electron chi connectivity index (χ4n) is 1.78. The zero-order chi connectivity index (χ0) is 16.1. The number of amides is 1. The van der Waals surface area contributed by atoms with Gasteiger partial charge in [0.15, 0.2) is 24.1 Å². The highest BCUT2D eigenvalue weighted by atomic mass is 19.2. The molecule has 6 heteroatoms. The van der Waals surface area contributed by atoms with Crippen molar-refractivity contribution in [2.24, 2.45) is 0 Å². The zero-order valence-corrected chi connectivity index (χ0v) is 11.8. The van der Waals surface area contributed by atoms with E-state index in [9.17, 15) is 18.0 Å². The summed E-state index contributed by atoms with van der Waals surface area (Å²) in [4.78, 5) is 11.6. The maximum atomic E-state index is 13.4. The van der Waals surface area contributed by atoms with Gasteiger partial charge in [-0.3, -0.25) is 4.79 Å². The molecule has 3 nitrogen and oxygen atoms in total. The number of hydrogen-bond donors (Lipinski definition) is 1. The van der Waals surface area contributed by atoms with Crippen molar-refractivity contribution in [2.45, 2.75) is 13.3 Å². The molecule has 0 fully saturated rings. The Hall–Kier alpha value is -2.50. The Morgan fingerprint density at radius 2 is 1.73 bits per heavy atom. The van der Waals surface area contributed by atoms with Crippen LogP contribution in [0.1, 0.15) is 12.5 Å². The molecule has 0 bridgehead atoms. The molecule has 1 amide bonds. The lowest BCUT2D eigenvalue weighted by Crippen LogP contribution is -2.21. The first-order valence-electron chi connectivity index (χ1n) is 6.66. The topological polar surface area (TPSA) is 38.3 Å². The van der Waals surface area contributed by atoms with Crippen molar-refractivity contribution in [1.29, 1.82) is 0 Å². The van der Waals surface area contributed by atoms with Crippen molar-refractivity contribution in [3.05, 3.63) is 59.4 Å². The molecule has 0 aromatic heterocycles. The van der Waals surface area contributed by atoms with Crippen LogP contribution in [0.3, 0.4) is 0 Å². The third-order valence-corrected chi connectivity index (χ3v) is 3.01. The average molecular weight is 309 g/mol. The number of halogens is 3. The number of anilines is 1. The zero-order valence-electron chi connectivity index (χ0n) is 11.8. The number of nitrogens with one attached hydrogen (secondary N) is 1. The van der Waals surface area contributed by atoms with Crippen molar-refractivity contribution >= 4 is 11.6 Å². The minimum atomic E-state index is -1.63. The van der Waals surface area contributed by atoms with Crippen LogP contribution in [0.25, 0.3) is 0 Å². The van der Waals surface area contributed by atoms with Crippen LogP contribution in [0.2, 0.25) is 0 Å². The van der Waals surface area contributed by atoms with E-state index < -0.39 is 29.0 Å². The lowest BCUT2D eigenvalue weighted by atomic mass is 10.2. The van der Waals surface area contributed by atoms with Crippen LogP contribution >= 0.6 is 0 Å². The summed E-state index contributed by atoms with van der Waals surface area (Å²) >= 11 is 0. The Morgan fingerprint density at radius 3 is 2.36 bits per heavy atom. The van der Waals surface area contributed by atoms with Crippen LogP contribution in [0.5, 0.6) is 5.75 Å². The van der Waals surface area contributed by atoms with Crippen LogP contribution in [-0.2, 0) is 11.2 Å². The number of ether oxygens (including phenoxy) is 1. The summed E-state index contributed by atoms with van der Waals surface area (Å²) in [5.74, 6) is -4.58. The summed E-state index contributed by atoms with van der Waals surface area (Å²) in [6.07, 6.45) is 0.885. The molecule has 0 spiro atoms. The van der Waals surface area contributed by atoms with Crippen molar-refractivity contribution < 1.29 is 22.7 Å². The minimum absolute atomic E-state index is 0.371. The molecule has 0 radical (unpaired) electrons. The van der Waals surface area contributed by atoms with Crippen molar-refractivity contribution in [3.8, 4) is 5.75 Å². The van der Waals surface area contributed by atoms with E-state index in [1.165, 1.54) is 0 Å². The first kappa shape index (κ1) is 15.9. The van der Waals surface area contributed by atoms with E-state index in [1.54, 1.807) is 12.1 Å². The quantitative estimate of drug-likeness (QED) is 0.856. The SMILES string of the molecule is CCc1ccc(OCC(=O)Nc2ccc(F)c(F)c2F)cc1. The molecule has 0 aliphatic carbocycles. The third kappa shape index (κ3) is 3.78. The fraction of sp³-hybridized carbons (Fsp3) is 0.188. The molecule has 2 aromatic carbocycles. The maximum absolute atomic E-state index is 13.4. The lowest BCUT2D eigenvalue weighted by Gasteiger charge is -2.09. The second-order valence-electron chi connectivity index (χ2n) is 4.56. The predicted molar refractivity (Wildman–Crippen MR) is 76.3 cm³/mol. The summed E-state index contributed by atoms with van der Waals surface area (Å²) in [6.45, 7) is 1.64. The van der Waals surface area contributed by atoms with Crippen LogP contribution in [0, 0.1) is 17.5 Å². The monoisotopic (exact) mass is 309 g/mol. The van der Waals surface area contributed by atoms with E-state index in [2.05, 4.69) is 5.32 Å². The molecule has 2 rings (SSSR count). The van der Waals surface area contributed by atoms with E-state index >= 15 is 0 Å². The first-order chi connectivity index (χ1) is 10.5. The van der Waals surface area contributed by atoms with Gasteiger partial charge >= 0.3 is 0 Å². The van der Waals surface area contributed by atoms with Crippen LogP contribution < -0.4 is 10.1 Å². The van der Waals surface area contributed by atoms with Gasteiger partial charge in [0.25, 0.3) is 5.91 Å². The highest BCUT2D eigenvalue weighted by Crippen LogP contribution is 2.19. The Labute approximate surface area is 125 Å². The van der Waals surface area contributed by atoms with Gasteiger partial charge in [-0.1, -0.05) is 19.1 Å². The number of carbonyl (C=O) groups is 1. The van der Waals surface area contributed by atoms with Gasteiger partial charge in [0.1, 0.15) is 5.75 Å². The predicted octanol–water partition coefficient (Wildman–Crippen LogP) is 3.68. The van der Waals surface area contributed by atoms with E-state index in [0.717, 1.165) is 24.1 Å². The largest absolute Gasteiger partial charge is 0.484 e. The van der Waals surface area contributed by atoms with Gasteiger partial charge < -0.3 is 10.1 Å². The van der Waals surface area contributed by atoms with Crippen LogP contribution in [0.15, 0.2) is 36.4 Å². The van der Waals surface area contributed by atoms with Gasteiger partial charge in [-0.15, -0.1) is 0 Å². The summed E-state index contributed by atoms with van der Waals surface area (Å²) < 4.78 is 44.4. The molecule has 0 unspecified atom stereocenters. The Kier molecular flexibility index (Phi) is 5.04. The lowest BCUT2D eigenvalue weighted by molar-refractivity contribution is -0.118. The summed E-state index contributed by atoms with van der Waals surface area (Å²) in [5.41, 5.74) is 0.689. The van der Waals surface area contributed by atoms with Gasteiger partial charge in [0, 0.05) is 0 Å². The number of carbonyl (C=O) groups excluding carboxylic acids is 1. The van der Waals surface area contributed by atoms with E-state index in [-0.39, 0.29) is 6.61 Å². The van der Waals surface area contributed by atoms with Crippen molar-refractivity contribution in [1.82, 2.24) is 0 Å². The summed E-state index contributed by atoms with van der Waals surface area (Å²) in [5, 5.41) is 2.13. The molecule has 1 N–H and O–H groups in total. The Balaban J connectivity index is 1.94. The van der Waals surface area contributed by atoms with Gasteiger partial charge in [0.2, 0.25) is 0 Å². The molecule has 0 aliphatic heterocycles. The Bertz CT molecular complexity index is 672. The maximum Gasteiger partial charge on any atom is 0.262 e. The third-order valence-electron chi connectivity index (χ3n) is 3.01.